The number of methoxy groups -OCH3 is 1. The average molecular weight is 368 g/mol. The van der Waals surface area contributed by atoms with Gasteiger partial charge in [-0.15, -0.1) is 0 Å². The van der Waals surface area contributed by atoms with Gasteiger partial charge in [-0.05, 0) is 25.2 Å². The van der Waals surface area contributed by atoms with Gasteiger partial charge in [0.2, 0.25) is 5.78 Å². The number of hydrogen-bond acceptors (Lipinski definition) is 3. The van der Waals surface area contributed by atoms with Crippen molar-refractivity contribution in [3.8, 4) is 0 Å². The Morgan fingerprint density at radius 1 is 1.09 bits per heavy atom. The van der Waals surface area contributed by atoms with Crippen LogP contribution in [-0.2, 0) is 9.53 Å². The first-order chi connectivity index (χ1) is 10.2. The van der Waals surface area contributed by atoms with Crippen LogP contribution in [0.1, 0.15) is 29.6 Å². The highest BCUT2D eigenvalue weighted by Gasteiger charge is 2.52. The molecule has 0 aromatic heterocycles. The maximum atomic E-state index is 12.9. The van der Waals surface area contributed by atoms with E-state index in [9.17, 15) is 9.59 Å². The number of nitrogens with zero attached hydrogens (tertiary/aromatic N) is 1. The summed E-state index contributed by atoms with van der Waals surface area (Å²) in [7, 11) is 1.38. The molecule has 4 rings (SSSR count). The van der Waals surface area contributed by atoms with Crippen LogP contribution in [0.25, 0.3) is 0 Å². The van der Waals surface area contributed by atoms with E-state index in [-0.39, 0.29) is 28.7 Å². The first-order valence-electron chi connectivity index (χ1n) is 7.69. The Kier molecular flexibility index (Phi) is 5.40. The first kappa shape index (κ1) is 17.2. The zero-order valence-corrected chi connectivity index (χ0v) is 14.4. The van der Waals surface area contributed by atoms with Gasteiger partial charge in [-0.3, -0.25) is 4.79 Å². The minimum Gasteiger partial charge on any atom is -1.00 e. The molecule has 5 heteroatoms. The van der Waals surface area contributed by atoms with Crippen molar-refractivity contribution >= 4 is 11.8 Å². The van der Waals surface area contributed by atoms with Gasteiger partial charge >= 0.3 is 5.97 Å². The summed E-state index contributed by atoms with van der Waals surface area (Å²) in [4.78, 5) is 25.3. The van der Waals surface area contributed by atoms with Gasteiger partial charge in [0.1, 0.15) is 0 Å². The lowest BCUT2D eigenvalue weighted by Crippen LogP contribution is -3.00. The van der Waals surface area contributed by atoms with E-state index in [0.29, 0.717) is 10.0 Å². The molecule has 120 valence electrons. The van der Waals surface area contributed by atoms with Crippen LogP contribution < -0.4 is 17.0 Å². The zero-order valence-electron chi connectivity index (χ0n) is 12.8. The summed E-state index contributed by atoms with van der Waals surface area (Å²) in [6.45, 7) is 2.76. The number of benzene rings is 1. The lowest BCUT2D eigenvalue weighted by Gasteiger charge is -2.51. The third kappa shape index (κ3) is 2.97. The summed E-state index contributed by atoms with van der Waals surface area (Å²) >= 11 is 0. The normalized spacial score (nSPS) is 27.6. The van der Waals surface area contributed by atoms with Crippen molar-refractivity contribution < 1.29 is 35.8 Å². The van der Waals surface area contributed by atoms with E-state index in [1.807, 2.05) is 18.2 Å². The van der Waals surface area contributed by atoms with Gasteiger partial charge in [-0.25, -0.2) is 4.79 Å². The minimum absolute atomic E-state index is 0. The number of rotatable bonds is 4. The fourth-order valence-corrected chi connectivity index (χ4v) is 3.93. The van der Waals surface area contributed by atoms with Gasteiger partial charge in [0.15, 0.2) is 0 Å². The average Bonchev–Trinajstić information content (AvgIpc) is 2.57. The van der Waals surface area contributed by atoms with Crippen molar-refractivity contribution in [1.29, 1.82) is 0 Å². The molecular formula is C17H22BrNO3. The molecule has 1 atom stereocenters. The Bertz CT molecular complexity index is 524. The third-order valence-electron chi connectivity index (χ3n) is 5.23. The molecule has 1 unspecified atom stereocenters. The molecule has 3 aliphatic rings. The largest absolute Gasteiger partial charge is 1.00 e. The molecule has 0 spiro atoms. The van der Waals surface area contributed by atoms with E-state index in [0.717, 1.165) is 44.8 Å². The second-order valence-corrected chi connectivity index (χ2v) is 6.28. The Balaban J connectivity index is 0.00000176. The number of halogens is 1. The molecule has 3 fully saturated rings. The van der Waals surface area contributed by atoms with Crippen LogP contribution in [0.2, 0.25) is 0 Å². The molecule has 2 bridgehead atoms. The van der Waals surface area contributed by atoms with Gasteiger partial charge in [0, 0.05) is 5.56 Å². The number of ketones is 1. The van der Waals surface area contributed by atoms with E-state index in [1.54, 1.807) is 12.1 Å². The van der Waals surface area contributed by atoms with E-state index in [4.69, 9.17) is 4.74 Å². The van der Waals surface area contributed by atoms with Crippen molar-refractivity contribution in [2.75, 3.05) is 26.7 Å². The lowest BCUT2D eigenvalue weighted by atomic mass is 9.83. The molecule has 1 aromatic carbocycles. The summed E-state index contributed by atoms with van der Waals surface area (Å²) in [5.41, 5.74) is 0.605. The number of piperidine rings is 3. The van der Waals surface area contributed by atoms with Gasteiger partial charge in [-0.2, -0.15) is 0 Å². The van der Waals surface area contributed by atoms with Crippen LogP contribution in [0.3, 0.4) is 0 Å². The highest BCUT2D eigenvalue weighted by Crippen LogP contribution is 2.36. The fraction of sp³-hybridized carbons (Fsp3) is 0.529. The molecule has 0 saturated carbocycles. The van der Waals surface area contributed by atoms with Crippen molar-refractivity contribution in [3.63, 3.8) is 0 Å². The molecule has 0 radical (unpaired) electrons. The number of ether oxygens (including phenoxy) is 1. The smallest absolute Gasteiger partial charge is 0.373 e. The van der Waals surface area contributed by atoms with Crippen molar-refractivity contribution in [2.24, 2.45) is 5.92 Å². The number of Topliss-reactive ketones (excluding diaryl/α,β-unsaturated/α-hetero) is 1. The maximum absolute atomic E-state index is 12.9. The summed E-state index contributed by atoms with van der Waals surface area (Å²) < 4.78 is 5.57. The predicted octanol–water partition coefficient (Wildman–Crippen LogP) is -0.955. The number of esters is 1. The molecular weight excluding hydrogens is 346 g/mol. The molecule has 3 aliphatic heterocycles. The molecule has 1 aromatic rings. The van der Waals surface area contributed by atoms with Crippen molar-refractivity contribution in [2.45, 2.75) is 25.3 Å². The zero-order chi connectivity index (χ0) is 14.9. The molecule has 0 N–H and O–H groups in total. The minimum atomic E-state index is -0.696. The Morgan fingerprint density at radius 2 is 1.64 bits per heavy atom. The van der Waals surface area contributed by atoms with Crippen molar-refractivity contribution in [1.82, 2.24) is 0 Å². The Labute approximate surface area is 141 Å². The predicted molar refractivity (Wildman–Crippen MR) is 78.8 cm³/mol. The quantitative estimate of drug-likeness (QED) is 0.298. The number of hydrogen-bond donors (Lipinski definition) is 0. The van der Waals surface area contributed by atoms with Gasteiger partial charge < -0.3 is 26.2 Å². The van der Waals surface area contributed by atoms with E-state index in [1.165, 1.54) is 7.11 Å². The van der Waals surface area contributed by atoms with Crippen LogP contribution in [0, 0.1) is 5.92 Å². The second-order valence-electron chi connectivity index (χ2n) is 6.28. The van der Waals surface area contributed by atoms with E-state index < -0.39 is 6.04 Å². The fourth-order valence-electron chi connectivity index (χ4n) is 3.93. The van der Waals surface area contributed by atoms with E-state index in [2.05, 4.69) is 0 Å². The standard InChI is InChI=1S/C17H22NO3.BrH/c1-21-17(20)15(16(19)14-5-3-2-4-6-14)18-10-7-13(8-11-18)9-12-18;/h2-6,13,15H,7-12H2,1H3;1H/q+1;/p-1. The highest BCUT2D eigenvalue weighted by atomic mass is 79.9. The number of carbonyl (C=O) groups excluding carboxylic acids is 2. The molecule has 22 heavy (non-hydrogen) atoms. The number of carbonyl (C=O) groups is 2. The van der Waals surface area contributed by atoms with E-state index >= 15 is 0 Å². The summed E-state index contributed by atoms with van der Waals surface area (Å²) in [5.74, 6) is 0.308. The Morgan fingerprint density at radius 3 is 2.14 bits per heavy atom. The molecule has 0 amide bonds. The van der Waals surface area contributed by atoms with Crippen LogP contribution in [0.4, 0.5) is 0 Å². The SMILES string of the molecule is COC(=O)C(C(=O)c1ccccc1)[N+]12CCC(CC1)CC2.[Br-]. The van der Waals surface area contributed by atoms with Crippen LogP contribution >= 0.6 is 0 Å². The van der Waals surface area contributed by atoms with Crippen LogP contribution in [0.15, 0.2) is 30.3 Å². The lowest BCUT2D eigenvalue weighted by molar-refractivity contribution is -0.949. The Hall–Kier alpha value is -1.20. The maximum Gasteiger partial charge on any atom is 0.373 e. The summed E-state index contributed by atoms with van der Waals surface area (Å²) in [6, 6.07) is 8.43. The molecule has 0 aliphatic carbocycles. The van der Waals surface area contributed by atoms with Crippen LogP contribution in [0.5, 0.6) is 0 Å². The van der Waals surface area contributed by atoms with Crippen molar-refractivity contribution in [3.05, 3.63) is 35.9 Å². The molecule has 3 heterocycles. The number of fused-ring (bicyclic) bond motifs is 3. The monoisotopic (exact) mass is 367 g/mol. The van der Waals surface area contributed by atoms with Crippen LogP contribution in [-0.4, -0.2) is 49.0 Å². The van der Waals surface area contributed by atoms with Gasteiger partial charge in [0.05, 0.1) is 26.7 Å². The van der Waals surface area contributed by atoms with Gasteiger partial charge in [-0.1, -0.05) is 30.3 Å². The topological polar surface area (TPSA) is 43.4 Å². The number of quaternary nitrogens is 1. The van der Waals surface area contributed by atoms with Gasteiger partial charge in [0.25, 0.3) is 6.04 Å². The first-order valence-corrected chi connectivity index (χ1v) is 7.69. The second kappa shape index (κ2) is 6.92. The highest BCUT2D eigenvalue weighted by molar-refractivity contribution is 6.11. The molecule has 3 saturated heterocycles. The summed E-state index contributed by atoms with van der Waals surface area (Å²) in [6.07, 6.45) is 3.36. The third-order valence-corrected chi connectivity index (χ3v) is 5.23. The molecule has 4 nitrogen and oxygen atoms in total. The summed E-state index contributed by atoms with van der Waals surface area (Å²) in [5, 5.41) is 0.